The number of piperidine rings is 1. The van der Waals surface area contributed by atoms with Crippen molar-refractivity contribution in [3.05, 3.63) is 47.9 Å². The molecule has 0 radical (unpaired) electrons. The molecule has 2 aromatic rings. The molecule has 0 unspecified atom stereocenters. The van der Waals surface area contributed by atoms with Crippen molar-refractivity contribution in [3.63, 3.8) is 0 Å². The number of amides is 1. The van der Waals surface area contributed by atoms with E-state index in [4.69, 9.17) is 5.73 Å². The molecule has 5 nitrogen and oxygen atoms in total. The molecule has 1 aromatic carbocycles. The molecular weight excluding hydrogens is 276 g/mol. The predicted molar refractivity (Wildman–Crippen MR) is 85.3 cm³/mol. The SMILES string of the molecule is NC(=O)c1cccc(-c2cnc(C[C@H]3CCCNC3)cn2)c1. The molecule has 0 saturated carbocycles. The zero-order valence-electron chi connectivity index (χ0n) is 12.5. The van der Waals surface area contributed by atoms with Gasteiger partial charge in [-0.3, -0.25) is 14.8 Å². The van der Waals surface area contributed by atoms with E-state index < -0.39 is 5.91 Å². The molecule has 5 heteroatoms. The largest absolute Gasteiger partial charge is 0.366 e. The summed E-state index contributed by atoms with van der Waals surface area (Å²) >= 11 is 0. The Labute approximate surface area is 130 Å². The summed E-state index contributed by atoms with van der Waals surface area (Å²) in [6.45, 7) is 2.18. The molecule has 2 heterocycles. The van der Waals surface area contributed by atoms with Crippen LogP contribution in [-0.2, 0) is 6.42 Å². The zero-order valence-corrected chi connectivity index (χ0v) is 12.5. The zero-order chi connectivity index (χ0) is 15.4. The van der Waals surface area contributed by atoms with Crippen molar-refractivity contribution in [2.24, 2.45) is 11.7 Å². The van der Waals surface area contributed by atoms with Crippen LogP contribution in [0.25, 0.3) is 11.3 Å². The molecule has 1 amide bonds. The first kappa shape index (κ1) is 14.7. The van der Waals surface area contributed by atoms with E-state index in [2.05, 4.69) is 15.3 Å². The van der Waals surface area contributed by atoms with Gasteiger partial charge in [-0.2, -0.15) is 0 Å². The van der Waals surface area contributed by atoms with Gasteiger partial charge in [0.2, 0.25) is 5.91 Å². The van der Waals surface area contributed by atoms with Crippen LogP contribution in [0.15, 0.2) is 36.7 Å². The number of aromatic nitrogens is 2. The number of hydrogen-bond acceptors (Lipinski definition) is 4. The fourth-order valence-corrected chi connectivity index (χ4v) is 2.84. The summed E-state index contributed by atoms with van der Waals surface area (Å²) in [6, 6.07) is 7.15. The molecule has 114 valence electrons. The topological polar surface area (TPSA) is 80.9 Å². The van der Waals surface area contributed by atoms with Crippen LogP contribution in [0.2, 0.25) is 0 Å². The summed E-state index contributed by atoms with van der Waals surface area (Å²) in [5.74, 6) is 0.211. The summed E-state index contributed by atoms with van der Waals surface area (Å²) in [7, 11) is 0. The van der Waals surface area contributed by atoms with Crippen molar-refractivity contribution in [3.8, 4) is 11.3 Å². The molecule has 22 heavy (non-hydrogen) atoms. The van der Waals surface area contributed by atoms with E-state index in [0.29, 0.717) is 11.5 Å². The third kappa shape index (κ3) is 3.49. The van der Waals surface area contributed by atoms with Gasteiger partial charge in [-0.25, -0.2) is 0 Å². The van der Waals surface area contributed by atoms with Crippen LogP contribution in [0.4, 0.5) is 0 Å². The minimum absolute atomic E-state index is 0.434. The number of benzene rings is 1. The third-order valence-corrected chi connectivity index (χ3v) is 4.04. The van der Waals surface area contributed by atoms with Gasteiger partial charge < -0.3 is 11.1 Å². The van der Waals surface area contributed by atoms with Crippen LogP contribution in [-0.4, -0.2) is 29.0 Å². The van der Waals surface area contributed by atoms with E-state index in [1.54, 1.807) is 24.4 Å². The van der Waals surface area contributed by atoms with E-state index >= 15 is 0 Å². The van der Waals surface area contributed by atoms with Crippen LogP contribution in [0.5, 0.6) is 0 Å². The lowest BCUT2D eigenvalue weighted by molar-refractivity contribution is 0.100. The fourth-order valence-electron chi connectivity index (χ4n) is 2.84. The Kier molecular flexibility index (Phi) is 4.44. The lowest BCUT2D eigenvalue weighted by Crippen LogP contribution is -2.31. The molecule has 1 aliphatic rings. The number of hydrogen-bond donors (Lipinski definition) is 2. The Morgan fingerprint density at radius 3 is 2.91 bits per heavy atom. The number of primary amides is 1. The number of nitrogens with zero attached hydrogens (tertiary/aromatic N) is 2. The molecule has 1 fully saturated rings. The third-order valence-electron chi connectivity index (χ3n) is 4.04. The highest BCUT2D eigenvalue weighted by atomic mass is 16.1. The van der Waals surface area contributed by atoms with Crippen LogP contribution < -0.4 is 11.1 Å². The van der Waals surface area contributed by atoms with Crippen molar-refractivity contribution in [2.75, 3.05) is 13.1 Å². The normalized spacial score (nSPS) is 18.1. The van der Waals surface area contributed by atoms with E-state index in [-0.39, 0.29) is 0 Å². The van der Waals surface area contributed by atoms with Crippen molar-refractivity contribution in [1.82, 2.24) is 15.3 Å². The number of carbonyl (C=O) groups is 1. The Morgan fingerprint density at radius 2 is 2.23 bits per heavy atom. The van der Waals surface area contributed by atoms with E-state index in [9.17, 15) is 4.79 Å². The standard InChI is InChI=1S/C17H20N4O/c18-17(22)14-5-1-4-13(8-14)16-11-20-15(10-21-16)7-12-3-2-6-19-9-12/h1,4-5,8,10-12,19H,2-3,6-7,9H2,(H2,18,22)/t12-/m1/s1. The minimum atomic E-state index is -0.434. The number of nitrogens with two attached hydrogens (primary N) is 1. The lowest BCUT2D eigenvalue weighted by Gasteiger charge is -2.22. The van der Waals surface area contributed by atoms with E-state index in [0.717, 1.165) is 36.5 Å². The van der Waals surface area contributed by atoms with E-state index in [1.807, 2.05) is 12.3 Å². The van der Waals surface area contributed by atoms with Gasteiger partial charge >= 0.3 is 0 Å². The molecule has 0 spiro atoms. The molecule has 0 bridgehead atoms. The maximum absolute atomic E-state index is 11.2. The minimum Gasteiger partial charge on any atom is -0.366 e. The second-order valence-corrected chi connectivity index (χ2v) is 5.75. The maximum atomic E-state index is 11.2. The Morgan fingerprint density at radius 1 is 1.32 bits per heavy atom. The van der Waals surface area contributed by atoms with Crippen molar-refractivity contribution in [1.29, 1.82) is 0 Å². The second kappa shape index (κ2) is 6.66. The van der Waals surface area contributed by atoms with Crippen LogP contribution in [0, 0.1) is 5.92 Å². The molecular formula is C17H20N4O. The smallest absolute Gasteiger partial charge is 0.248 e. The quantitative estimate of drug-likeness (QED) is 0.901. The number of nitrogens with one attached hydrogen (secondary N) is 1. The first-order valence-corrected chi connectivity index (χ1v) is 7.64. The maximum Gasteiger partial charge on any atom is 0.248 e. The Hall–Kier alpha value is -2.27. The van der Waals surface area contributed by atoms with Gasteiger partial charge in [0.15, 0.2) is 0 Å². The molecule has 1 aliphatic heterocycles. The van der Waals surface area contributed by atoms with E-state index in [1.165, 1.54) is 12.8 Å². The van der Waals surface area contributed by atoms with Gasteiger partial charge in [0.1, 0.15) is 0 Å². The Bertz CT molecular complexity index is 648. The number of rotatable bonds is 4. The fraction of sp³-hybridized carbons (Fsp3) is 0.353. The monoisotopic (exact) mass is 296 g/mol. The van der Waals surface area contributed by atoms with Crippen LogP contribution in [0.1, 0.15) is 28.9 Å². The van der Waals surface area contributed by atoms with Crippen LogP contribution in [0.3, 0.4) is 0 Å². The van der Waals surface area contributed by atoms with Gasteiger partial charge in [-0.15, -0.1) is 0 Å². The van der Waals surface area contributed by atoms with Gasteiger partial charge in [-0.1, -0.05) is 12.1 Å². The molecule has 0 aliphatic carbocycles. The van der Waals surface area contributed by atoms with Crippen molar-refractivity contribution in [2.45, 2.75) is 19.3 Å². The molecule has 1 atom stereocenters. The average molecular weight is 296 g/mol. The first-order valence-electron chi connectivity index (χ1n) is 7.64. The van der Waals surface area contributed by atoms with Crippen molar-refractivity contribution >= 4 is 5.91 Å². The molecule has 1 aromatic heterocycles. The molecule has 3 rings (SSSR count). The van der Waals surface area contributed by atoms with Crippen molar-refractivity contribution < 1.29 is 4.79 Å². The highest BCUT2D eigenvalue weighted by Crippen LogP contribution is 2.19. The van der Waals surface area contributed by atoms with Gasteiger partial charge in [0.25, 0.3) is 0 Å². The summed E-state index contributed by atoms with van der Waals surface area (Å²) in [5.41, 5.74) is 8.42. The lowest BCUT2D eigenvalue weighted by atomic mass is 9.95. The summed E-state index contributed by atoms with van der Waals surface area (Å²) < 4.78 is 0. The first-order chi connectivity index (χ1) is 10.7. The summed E-state index contributed by atoms with van der Waals surface area (Å²) in [5, 5.41) is 3.42. The van der Waals surface area contributed by atoms with Crippen LogP contribution >= 0.6 is 0 Å². The highest BCUT2D eigenvalue weighted by molar-refractivity contribution is 5.93. The Balaban J connectivity index is 1.73. The molecule has 1 saturated heterocycles. The summed E-state index contributed by atoms with van der Waals surface area (Å²) in [6.07, 6.45) is 7.04. The second-order valence-electron chi connectivity index (χ2n) is 5.75. The molecule has 3 N–H and O–H groups in total. The number of carbonyl (C=O) groups excluding carboxylic acids is 1. The van der Waals surface area contributed by atoms with Gasteiger partial charge in [0.05, 0.1) is 17.6 Å². The highest BCUT2D eigenvalue weighted by Gasteiger charge is 2.14. The average Bonchev–Trinajstić information content (AvgIpc) is 2.56. The van der Waals surface area contributed by atoms with Gasteiger partial charge in [-0.05, 0) is 50.4 Å². The predicted octanol–water partition coefficient (Wildman–Crippen LogP) is 1.78. The van der Waals surface area contributed by atoms with Gasteiger partial charge in [0, 0.05) is 17.3 Å². The summed E-state index contributed by atoms with van der Waals surface area (Å²) in [4.78, 5) is 20.2.